The van der Waals surface area contributed by atoms with Crippen LogP contribution in [0.4, 0.5) is 5.82 Å². The number of carbonyl (C=O) groups excluding carboxylic acids is 1. The molecule has 10 nitrogen and oxygen atoms in total. The molecule has 2 aromatic heterocycles. The summed E-state index contributed by atoms with van der Waals surface area (Å²) in [6.45, 7) is 1.54. The van der Waals surface area contributed by atoms with Crippen molar-refractivity contribution in [2.75, 3.05) is 25.6 Å². The van der Waals surface area contributed by atoms with E-state index < -0.39 is 22.3 Å². The second-order valence-corrected chi connectivity index (χ2v) is 11.0. The molecule has 0 saturated heterocycles. The number of nitrogens with two attached hydrogens (primary N) is 1. The maximum atomic E-state index is 13.3. The molecule has 0 amide bonds. The molecule has 3 atom stereocenters. The van der Waals surface area contributed by atoms with E-state index in [2.05, 4.69) is 35.4 Å². The second kappa shape index (κ2) is 12.8. The van der Waals surface area contributed by atoms with Crippen molar-refractivity contribution in [3.63, 3.8) is 0 Å². The molecule has 2 heterocycles. The summed E-state index contributed by atoms with van der Waals surface area (Å²) in [4.78, 5) is 21.9. The molecular formula is C23H27BrN4O6S2. The standard InChI is InChI=1S/C23H27BrN4O6S2/c1-3-14(11-34-36(25,31)32)19(29)10-27-23-18(9-26-13-28-23)21(30)20-8-16(12-35-20)22(33-2)15-5-4-6-17(24)7-15/h4-9,12-14,19,22,29H,3,10-11H2,1-2H3,(H2,25,31,32)(H,26,27,28)/t14-,19+,22?/m1/s1. The number of nitrogens with zero attached hydrogens (tertiary/aromatic N) is 2. The Morgan fingerprint density at radius 2 is 2.08 bits per heavy atom. The molecule has 4 N–H and O–H groups in total. The smallest absolute Gasteiger partial charge is 0.333 e. The predicted octanol–water partition coefficient (Wildman–Crippen LogP) is 3.29. The van der Waals surface area contributed by atoms with Crippen LogP contribution in [0.25, 0.3) is 0 Å². The molecule has 3 rings (SSSR count). The van der Waals surface area contributed by atoms with Crippen LogP contribution in [-0.4, -0.2) is 55.6 Å². The Balaban J connectivity index is 1.74. The van der Waals surface area contributed by atoms with Crippen molar-refractivity contribution in [3.8, 4) is 0 Å². The van der Waals surface area contributed by atoms with Crippen molar-refractivity contribution in [2.45, 2.75) is 25.6 Å². The third-order valence-corrected chi connectivity index (χ3v) is 7.39. The van der Waals surface area contributed by atoms with Crippen molar-refractivity contribution >= 4 is 49.2 Å². The average Bonchev–Trinajstić information content (AvgIpc) is 3.32. The number of anilines is 1. The van der Waals surface area contributed by atoms with Crippen LogP contribution >= 0.6 is 27.3 Å². The zero-order valence-electron chi connectivity index (χ0n) is 19.6. The van der Waals surface area contributed by atoms with Gasteiger partial charge in [0.2, 0.25) is 5.78 Å². The minimum absolute atomic E-state index is 0.00804. The van der Waals surface area contributed by atoms with Gasteiger partial charge in [0, 0.05) is 30.2 Å². The fourth-order valence-corrected chi connectivity index (χ4v) is 5.22. The number of aromatic nitrogens is 2. The van der Waals surface area contributed by atoms with Crippen LogP contribution in [-0.2, 0) is 19.2 Å². The topological polar surface area (TPSA) is 154 Å². The maximum absolute atomic E-state index is 13.3. The molecule has 0 radical (unpaired) electrons. The van der Waals surface area contributed by atoms with Gasteiger partial charge in [-0.1, -0.05) is 35.0 Å². The minimum atomic E-state index is -4.11. The number of benzene rings is 1. The predicted molar refractivity (Wildman–Crippen MR) is 140 cm³/mol. The Morgan fingerprint density at radius 1 is 1.31 bits per heavy atom. The van der Waals surface area contributed by atoms with Crippen LogP contribution in [0, 0.1) is 5.92 Å². The molecule has 1 aromatic carbocycles. The van der Waals surface area contributed by atoms with Crippen LogP contribution in [0.15, 0.2) is 52.7 Å². The highest BCUT2D eigenvalue weighted by molar-refractivity contribution is 9.10. The third kappa shape index (κ3) is 7.62. The van der Waals surface area contributed by atoms with Gasteiger partial charge in [0.25, 0.3) is 0 Å². The number of thiophene rings is 1. The van der Waals surface area contributed by atoms with Crippen LogP contribution in [0.3, 0.4) is 0 Å². The largest absolute Gasteiger partial charge is 0.391 e. The van der Waals surface area contributed by atoms with Crippen molar-refractivity contribution in [1.29, 1.82) is 0 Å². The summed E-state index contributed by atoms with van der Waals surface area (Å²) in [6, 6.07) is 9.54. The number of hydrogen-bond donors (Lipinski definition) is 3. The van der Waals surface area contributed by atoms with E-state index in [1.54, 1.807) is 20.1 Å². The maximum Gasteiger partial charge on any atom is 0.333 e. The molecule has 194 valence electrons. The normalized spacial score (nSPS) is 14.2. The van der Waals surface area contributed by atoms with Gasteiger partial charge in [-0.05, 0) is 41.1 Å². The van der Waals surface area contributed by atoms with Crippen molar-refractivity contribution in [2.24, 2.45) is 11.1 Å². The van der Waals surface area contributed by atoms with E-state index in [1.807, 2.05) is 29.6 Å². The summed E-state index contributed by atoms with van der Waals surface area (Å²) in [6.07, 6.45) is 1.83. The van der Waals surface area contributed by atoms with Gasteiger partial charge in [-0.25, -0.2) is 15.1 Å². The highest BCUT2D eigenvalue weighted by Crippen LogP contribution is 2.32. The minimum Gasteiger partial charge on any atom is -0.391 e. The average molecular weight is 600 g/mol. The first-order valence-corrected chi connectivity index (χ1v) is 14.1. The lowest BCUT2D eigenvalue weighted by Crippen LogP contribution is -2.33. The Labute approximate surface area is 222 Å². The number of ketones is 1. The van der Waals surface area contributed by atoms with Gasteiger partial charge in [-0.2, -0.15) is 8.42 Å². The van der Waals surface area contributed by atoms with Gasteiger partial charge in [0.1, 0.15) is 18.2 Å². The molecule has 36 heavy (non-hydrogen) atoms. The fourth-order valence-electron chi connectivity index (χ4n) is 3.56. The van der Waals surface area contributed by atoms with Crippen molar-refractivity contribution < 1.29 is 27.2 Å². The van der Waals surface area contributed by atoms with Crippen LogP contribution in [0.1, 0.15) is 45.8 Å². The van der Waals surface area contributed by atoms with Gasteiger partial charge < -0.3 is 15.2 Å². The summed E-state index contributed by atoms with van der Waals surface area (Å²) in [5.74, 6) is -0.528. The zero-order chi connectivity index (χ0) is 26.3. The highest BCUT2D eigenvalue weighted by atomic mass is 79.9. The van der Waals surface area contributed by atoms with E-state index in [-0.39, 0.29) is 36.4 Å². The molecule has 13 heteroatoms. The number of hydrogen-bond acceptors (Lipinski definition) is 10. The number of aliphatic hydroxyl groups excluding tert-OH is 1. The van der Waals surface area contributed by atoms with E-state index in [9.17, 15) is 18.3 Å². The number of halogens is 1. The molecular weight excluding hydrogens is 572 g/mol. The van der Waals surface area contributed by atoms with Gasteiger partial charge in [0.15, 0.2) is 0 Å². The Kier molecular flexibility index (Phi) is 10.1. The van der Waals surface area contributed by atoms with Gasteiger partial charge in [-0.15, -0.1) is 11.3 Å². The van der Waals surface area contributed by atoms with E-state index in [1.165, 1.54) is 23.9 Å². The molecule has 0 spiro atoms. The van der Waals surface area contributed by atoms with E-state index >= 15 is 0 Å². The fraction of sp³-hybridized carbons (Fsp3) is 0.348. The van der Waals surface area contributed by atoms with E-state index in [0.717, 1.165) is 15.6 Å². The van der Waals surface area contributed by atoms with Gasteiger partial charge >= 0.3 is 10.3 Å². The molecule has 0 aliphatic rings. The lowest BCUT2D eigenvalue weighted by atomic mass is 10.0. The van der Waals surface area contributed by atoms with Crippen LogP contribution in [0.2, 0.25) is 0 Å². The van der Waals surface area contributed by atoms with Crippen molar-refractivity contribution in [1.82, 2.24) is 9.97 Å². The molecule has 3 aromatic rings. The lowest BCUT2D eigenvalue weighted by Gasteiger charge is -2.21. The first kappa shape index (κ1) is 28.3. The number of methoxy groups -OCH3 is 1. The summed E-state index contributed by atoms with van der Waals surface area (Å²) in [7, 11) is -2.50. The molecule has 1 unspecified atom stereocenters. The van der Waals surface area contributed by atoms with E-state index in [0.29, 0.717) is 11.3 Å². The Bertz CT molecular complexity index is 1290. The second-order valence-electron chi connectivity index (χ2n) is 7.92. The Morgan fingerprint density at radius 3 is 2.75 bits per heavy atom. The number of rotatable bonds is 13. The van der Waals surface area contributed by atoms with Gasteiger partial charge in [0.05, 0.1) is 23.2 Å². The SMILES string of the molecule is CC[C@H](COS(N)(=O)=O)[C@@H](O)CNc1ncncc1C(=O)c1cc(C(OC)c2cccc(Br)c2)cs1. The van der Waals surface area contributed by atoms with E-state index in [4.69, 9.17) is 9.88 Å². The monoisotopic (exact) mass is 598 g/mol. The molecule has 0 saturated carbocycles. The number of aliphatic hydroxyl groups is 1. The van der Waals surface area contributed by atoms with Crippen molar-refractivity contribution in [3.05, 3.63) is 74.3 Å². The third-order valence-electron chi connectivity index (χ3n) is 5.48. The van der Waals surface area contributed by atoms with Crippen LogP contribution in [0.5, 0.6) is 0 Å². The summed E-state index contributed by atoms with van der Waals surface area (Å²) in [5, 5.41) is 20.2. The number of nitrogens with one attached hydrogen (secondary N) is 1. The van der Waals surface area contributed by atoms with Crippen LogP contribution < -0.4 is 10.5 Å². The molecule has 0 aliphatic carbocycles. The molecule has 0 aliphatic heterocycles. The summed E-state index contributed by atoms with van der Waals surface area (Å²) >= 11 is 4.76. The number of ether oxygens (including phenoxy) is 1. The first-order chi connectivity index (χ1) is 17.1. The molecule has 0 fully saturated rings. The first-order valence-electron chi connectivity index (χ1n) is 10.9. The number of carbonyl (C=O) groups is 1. The highest BCUT2D eigenvalue weighted by Gasteiger charge is 2.23. The summed E-state index contributed by atoms with van der Waals surface area (Å²) < 4.78 is 33.4. The van der Waals surface area contributed by atoms with Gasteiger partial charge in [-0.3, -0.25) is 8.98 Å². The zero-order valence-corrected chi connectivity index (χ0v) is 22.8. The quantitative estimate of drug-likeness (QED) is 0.251. The molecule has 0 bridgehead atoms. The Hall–Kier alpha value is -2.26. The lowest BCUT2D eigenvalue weighted by molar-refractivity contribution is 0.0839. The summed E-state index contributed by atoms with van der Waals surface area (Å²) in [5.41, 5.74) is 2.02.